The molecule has 0 aromatic rings. The molecular weight excluding hydrogens is 196 g/mol. The molecule has 88 valence electrons. The van der Waals surface area contributed by atoms with Crippen molar-refractivity contribution in [3.63, 3.8) is 0 Å². The number of nitrogens with one attached hydrogen (secondary N) is 1. The Labute approximate surface area is 90.5 Å². The summed E-state index contributed by atoms with van der Waals surface area (Å²) in [6.07, 6.45) is 0. The van der Waals surface area contributed by atoms with Gasteiger partial charge in [-0.3, -0.25) is 14.9 Å². The SMILES string of the molecule is CC(C)N(C)C(=O)CNC(C)(C)C(=O)O. The van der Waals surface area contributed by atoms with Gasteiger partial charge in [0.2, 0.25) is 5.91 Å². The molecule has 1 amide bonds. The van der Waals surface area contributed by atoms with Gasteiger partial charge >= 0.3 is 5.97 Å². The summed E-state index contributed by atoms with van der Waals surface area (Å²) in [5, 5.41) is 11.5. The summed E-state index contributed by atoms with van der Waals surface area (Å²) in [6, 6.07) is 0.118. The largest absolute Gasteiger partial charge is 0.480 e. The zero-order chi connectivity index (χ0) is 12.2. The second-order valence-corrected chi connectivity index (χ2v) is 4.38. The minimum absolute atomic E-state index is 0.0357. The van der Waals surface area contributed by atoms with Gasteiger partial charge in [-0.1, -0.05) is 0 Å². The topological polar surface area (TPSA) is 69.6 Å². The lowest BCUT2D eigenvalue weighted by Gasteiger charge is -2.25. The Hall–Kier alpha value is -1.10. The highest BCUT2D eigenvalue weighted by Crippen LogP contribution is 2.02. The normalized spacial score (nSPS) is 11.6. The number of hydrogen-bond acceptors (Lipinski definition) is 3. The maximum absolute atomic E-state index is 11.5. The quantitative estimate of drug-likeness (QED) is 0.693. The smallest absolute Gasteiger partial charge is 0.323 e. The number of carboxylic acids is 1. The molecule has 0 atom stereocenters. The van der Waals surface area contributed by atoms with Gasteiger partial charge < -0.3 is 10.0 Å². The van der Waals surface area contributed by atoms with Crippen LogP contribution in [-0.4, -0.2) is 47.1 Å². The van der Waals surface area contributed by atoms with Crippen LogP contribution in [0, 0.1) is 0 Å². The predicted octanol–water partition coefficient (Wildman–Crippen LogP) is 0.306. The van der Waals surface area contributed by atoms with E-state index in [1.807, 2.05) is 13.8 Å². The van der Waals surface area contributed by atoms with Crippen LogP contribution < -0.4 is 5.32 Å². The minimum Gasteiger partial charge on any atom is -0.480 e. The van der Waals surface area contributed by atoms with Gasteiger partial charge in [-0.2, -0.15) is 0 Å². The van der Waals surface area contributed by atoms with Crippen molar-refractivity contribution in [2.24, 2.45) is 0 Å². The standard InChI is InChI=1S/C10H20N2O3/c1-7(2)12(5)8(13)6-11-10(3,4)9(14)15/h7,11H,6H2,1-5H3,(H,14,15). The second kappa shape index (κ2) is 5.11. The number of amides is 1. The van der Waals surface area contributed by atoms with Crippen LogP contribution in [0.3, 0.4) is 0 Å². The van der Waals surface area contributed by atoms with Crippen molar-refractivity contribution in [1.29, 1.82) is 0 Å². The van der Waals surface area contributed by atoms with Crippen LogP contribution in [0.15, 0.2) is 0 Å². The number of hydrogen-bond donors (Lipinski definition) is 2. The molecule has 0 aliphatic carbocycles. The Morgan fingerprint density at radius 1 is 1.40 bits per heavy atom. The lowest BCUT2D eigenvalue weighted by atomic mass is 10.1. The molecule has 0 aromatic heterocycles. The number of carbonyl (C=O) groups excluding carboxylic acids is 1. The third-order valence-electron chi connectivity index (χ3n) is 2.38. The first-order valence-electron chi connectivity index (χ1n) is 4.92. The van der Waals surface area contributed by atoms with Crippen LogP contribution in [0.4, 0.5) is 0 Å². The predicted molar refractivity (Wildman–Crippen MR) is 57.6 cm³/mol. The van der Waals surface area contributed by atoms with E-state index in [1.165, 1.54) is 13.8 Å². The van der Waals surface area contributed by atoms with Gasteiger partial charge in [0.1, 0.15) is 5.54 Å². The van der Waals surface area contributed by atoms with Crippen LogP contribution in [0.2, 0.25) is 0 Å². The van der Waals surface area contributed by atoms with Crippen LogP contribution >= 0.6 is 0 Å². The molecule has 0 aliphatic heterocycles. The molecule has 0 fully saturated rings. The summed E-state index contributed by atoms with van der Waals surface area (Å²) in [4.78, 5) is 23.8. The van der Waals surface area contributed by atoms with E-state index in [4.69, 9.17) is 5.11 Å². The van der Waals surface area contributed by atoms with Crippen molar-refractivity contribution in [2.45, 2.75) is 39.3 Å². The molecular formula is C10H20N2O3. The van der Waals surface area contributed by atoms with Gasteiger partial charge in [0.25, 0.3) is 0 Å². The summed E-state index contributed by atoms with van der Waals surface area (Å²) >= 11 is 0. The van der Waals surface area contributed by atoms with Gasteiger partial charge in [-0.15, -0.1) is 0 Å². The summed E-state index contributed by atoms with van der Waals surface area (Å²) in [5.41, 5.74) is -1.08. The molecule has 0 saturated heterocycles. The summed E-state index contributed by atoms with van der Waals surface area (Å²) < 4.78 is 0. The van der Waals surface area contributed by atoms with E-state index in [1.54, 1.807) is 11.9 Å². The molecule has 0 aliphatic rings. The van der Waals surface area contributed by atoms with Crippen molar-refractivity contribution in [1.82, 2.24) is 10.2 Å². The molecule has 0 saturated carbocycles. The fraction of sp³-hybridized carbons (Fsp3) is 0.800. The van der Waals surface area contributed by atoms with Crippen molar-refractivity contribution in [2.75, 3.05) is 13.6 Å². The Balaban J connectivity index is 4.18. The van der Waals surface area contributed by atoms with Gasteiger partial charge in [0.05, 0.1) is 6.54 Å². The third kappa shape index (κ3) is 4.29. The van der Waals surface area contributed by atoms with Crippen molar-refractivity contribution >= 4 is 11.9 Å². The van der Waals surface area contributed by atoms with Gasteiger partial charge in [-0.25, -0.2) is 0 Å². The van der Waals surface area contributed by atoms with Crippen LogP contribution in [0.25, 0.3) is 0 Å². The molecule has 0 rings (SSSR count). The lowest BCUT2D eigenvalue weighted by molar-refractivity contribution is -0.143. The zero-order valence-corrected chi connectivity index (χ0v) is 10.00. The first kappa shape index (κ1) is 13.9. The molecule has 5 heteroatoms. The molecule has 5 nitrogen and oxygen atoms in total. The van der Waals surface area contributed by atoms with Crippen LogP contribution in [-0.2, 0) is 9.59 Å². The van der Waals surface area contributed by atoms with Crippen molar-refractivity contribution in [3.05, 3.63) is 0 Å². The van der Waals surface area contributed by atoms with E-state index in [-0.39, 0.29) is 18.5 Å². The summed E-state index contributed by atoms with van der Waals surface area (Å²) in [7, 11) is 1.70. The van der Waals surface area contributed by atoms with Crippen LogP contribution in [0.5, 0.6) is 0 Å². The third-order valence-corrected chi connectivity index (χ3v) is 2.38. The Bertz CT molecular complexity index is 249. The first-order chi connectivity index (χ1) is 6.68. The highest BCUT2D eigenvalue weighted by Gasteiger charge is 2.27. The fourth-order valence-electron chi connectivity index (χ4n) is 0.785. The Morgan fingerprint density at radius 3 is 2.20 bits per heavy atom. The lowest BCUT2D eigenvalue weighted by Crippen LogP contribution is -2.51. The average Bonchev–Trinajstić information content (AvgIpc) is 2.12. The van der Waals surface area contributed by atoms with Crippen molar-refractivity contribution in [3.8, 4) is 0 Å². The molecule has 2 N–H and O–H groups in total. The molecule has 0 aromatic carbocycles. The summed E-state index contributed by atoms with van der Waals surface area (Å²) in [5.74, 6) is -1.08. The highest BCUT2D eigenvalue weighted by molar-refractivity contribution is 5.81. The van der Waals surface area contributed by atoms with E-state index in [9.17, 15) is 9.59 Å². The maximum Gasteiger partial charge on any atom is 0.323 e. The Morgan fingerprint density at radius 2 is 1.87 bits per heavy atom. The molecule has 0 bridgehead atoms. The van der Waals surface area contributed by atoms with E-state index in [0.717, 1.165) is 0 Å². The van der Waals surface area contributed by atoms with E-state index in [0.29, 0.717) is 0 Å². The number of aliphatic carboxylic acids is 1. The molecule has 0 radical (unpaired) electrons. The van der Waals surface area contributed by atoms with Gasteiger partial charge in [0, 0.05) is 13.1 Å². The van der Waals surface area contributed by atoms with Crippen LogP contribution in [0.1, 0.15) is 27.7 Å². The zero-order valence-electron chi connectivity index (χ0n) is 10.00. The highest BCUT2D eigenvalue weighted by atomic mass is 16.4. The number of carboxylic acid groups (broad SMARTS) is 1. The Kier molecular flexibility index (Phi) is 4.74. The number of rotatable bonds is 5. The van der Waals surface area contributed by atoms with Crippen molar-refractivity contribution < 1.29 is 14.7 Å². The minimum atomic E-state index is -1.08. The molecule has 0 unspecified atom stereocenters. The van der Waals surface area contributed by atoms with Gasteiger partial charge in [0.15, 0.2) is 0 Å². The first-order valence-corrected chi connectivity index (χ1v) is 4.92. The number of carbonyl (C=O) groups is 2. The molecule has 0 spiro atoms. The number of nitrogens with zero attached hydrogens (tertiary/aromatic N) is 1. The number of likely N-dealkylation sites (N-methyl/N-ethyl adjacent to an activating group) is 1. The van der Waals surface area contributed by atoms with Gasteiger partial charge in [-0.05, 0) is 27.7 Å². The molecule has 0 heterocycles. The maximum atomic E-state index is 11.5. The monoisotopic (exact) mass is 216 g/mol. The van der Waals surface area contributed by atoms with E-state index >= 15 is 0 Å². The molecule has 15 heavy (non-hydrogen) atoms. The van der Waals surface area contributed by atoms with E-state index < -0.39 is 11.5 Å². The average molecular weight is 216 g/mol. The second-order valence-electron chi connectivity index (χ2n) is 4.38. The van der Waals surface area contributed by atoms with E-state index in [2.05, 4.69) is 5.32 Å². The summed E-state index contributed by atoms with van der Waals surface area (Å²) in [6.45, 7) is 6.89. The fourth-order valence-corrected chi connectivity index (χ4v) is 0.785.